The fourth-order valence-electron chi connectivity index (χ4n) is 1.71. The number of rotatable bonds is 6. The Balaban J connectivity index is 3.01. The molecule has 122 valence electrons. The van der Waals surface area contributed by atoms with Gasteiger partial charge in [0.15, 0.2) is 0 Å². The van der Waals surface area contributed by atoms with Gasteiger partial charge >= 0.3 is 11.9 Å². The van der Waals surface area contributed by atoms with E-state index < -0.39 is 11.9 Å². The van der Waals surface area contributed by atoms with Crippen molar-refractivity contribution in [2.45, 2.75) is 13.8 Å². The van der Waals surface area contributed by atoms with Gasteiger partial charge in [-0.2, -0.15) is 10.5 Å². The summed E-state index contributed by atoms with van der Waals surface area (Å²) in [6.45, 7) is 3.69. The van der Waals surface area contributed by atoms with Gasteiger partial charge in [-0.1, -0.05) is 24.3 Å². The topological polar surface area (TPSA) is 100 Å². The number of carbonyl (C=O) groups is 2. The van der Waals surface area contributed by atoms with Crippen molar-refractivity contribution in [2.75, 3.05) is 13.2 Å². The molecular formula is C18H16N2O4. The zero-order valence-corrected chi connectivity index (χ0v) is 13.4. The minimum Gasteiger partial charge on any atom is -0.462 e. The van der Waals surface area contributed by atoms with E-state index in [1.807, 2.05) is 0 Å². The smallest absolute Gasteiger partial charge is 0.348 e. The second-order valence-electron chi connectivity index (χ2n) is 4.45. The van der Waals surface area contributed by atoms with Crippen molar-refractivity contribution < 1.29 is 19.1 Å². The zero-order chi connectivity index (χ0) is 17.9. The van der Waals surface area contributed by atoms with Gasteiger partial charge in [0.2, 0.25) is 0 Å². The van der Waals surface area contributed by atoms with Gasteiger partial charge in [-0.05, 0) is 37.1 Å². The Morgan fingerprint density at radius 3 is 1.46 bits per heavy atom. The van der Waals surface area contributed by atoms with Crippen LogP contribution in [0.15, 0.2) is 35.4 Å². The Morgan fingerprint density at radius 2 is 1.21 bits per heavy atom. The van der Waals surface area contributed by atoms with Crippen LogP contribution in [0.1, 0.15) is 25.0 Å². The molecule has 6 nitrogen and oxygen atoms in total. The van der Waals surface area contributed by atoms with Gasteiger partial charge in [0.25, 0.3) is 0 Å². The SMILES string of the molecule is CCOC(=O)/C(C#N)=C\c1ccc(/C=C(/C#N)C(=O)OCC)cc1. The third-order valence-corrected chi connectivity index (χ3v) is 2.79. The lowest BCUT2D eigenvalue weighted by Gasteiger charge is -2.01. The molecule has 0 radical (unpaired) electrons. The van der Waals surface area contributed by atoms with Crippen LogP contribution in [0.3, 0.4) is 0 Å². The van der Waals surface area contributed by atoms with Gasteiger partial charge in [-0.15, -0.1) is 0 Å². The maximum atomic E-state index is 11.6. The number of nitrogens with zero attached hydrogens (tertiary/aromatic N) is 2. The summed E-state index contributed by atoms with van der Waals surface area (Å²) >= 11 is 0. The molecule has 24 heavy (non-hydrogen) atoms. The molecule has 0 aliphatic heterocycles. The van der Waals surface area contributed by atoms with Gasteiger partial charge in [-0.25, -0.2) is 9.59 Å². The molecule has 0 fully saturated rings. The molecule has 0 saturated carbocycles. The Kier molecular flexibility index (Phi) is 7.47. The second kappa shape index (κ2) is 9.60. The molecule has 0 heterocycles. The average molecular weight is 324 g/mol. The molecule has 0 bridgehead atoms. The maximum absolute atomic E-state index is 11.6. The van der Waals surface area contributed by atoms with Crippen LogP contribution in [0.25, 0.3) is 12.2 Å². The highest BCUT2D eigenvalue weighted by Crippen LogP contribution is 2.13. The van der Waals surface area contributed by atoms with Crippen molar-refractivity contribution in [1.82, 2.24) is 0 Å². The Bertz CT molecular complexity index is 682. The van der Waals surface area contributed by atoms with E-state index in [2.05, 4.69) is 0 Å². The summed E-state index contributed by atoms with van der Waals surface area (Å²) in [5, 5.41) is 18.0. The predicted octanol–water partition coefficient (Wildman–Crippen LogP) is 2.63. The van der Waals surface area contributed by atoms with Crippen molar-refractivity contribution in [1.29, 1.82) is 10.5 Å². The van der Waals surface area contributed by atoms with E-state index in [9.17, 15) is 9.59 Å². The first kappa shape index (κ1) is 18.7. The first-order valence-electron chi connectivity index (χ1n) is 7.23. The number of hydrogen-bond donors (Lipinski definition) is 0. The maximum Gasteiger partial charge on any atom is 0.348 e. The normalized spacial score (nSPS) is 11.2. The molecule has 0 aliphatic rings. The molecule has 0 aromatic heterocycles. The van der Waals surface area contributed by atoms with Crippen LogP contribution >= 0.6 is 0 Å². The lowest BCUT2D eigenvalue weighted by Crippen LogP contribution is -2.06. The van der Waals surface area contributed by atoms with E-state index in [0.717, 1.165) is 0 Å². The Morgan fingerprint density at radius 1 is 0.875 bits per heavy atom. The predicted molar refractivity (Wildman–Crippen MR) is 86.9 cm³/mol. The van der Waals surface area contributed by atoms with E-state index >= 15 is 0 Å². The number of ether oxygens (including phenoxy) is 2. The van der Waals surface area contributed by atoms with Gasteiger partial charge in [0.1, 0.15) is 23.3 Å². The molecule has 0 unspecified atom stereocenters. The Hall–Kier alpha value is -3.38. The van der Waals surface area contributed by atoms with E-state index in [4.69, 9.17) is 20.0 Å². The third-order valence-electron chi connectivity index (χ3n) is 2.79. The summed E-state index contributed by atoms with van der Waals surface area (Å²) < 4.78 is 9.56. The van der Waals surface area contributed by atoms with Crippen LogP contribution in [0.2, 0.25) is 0 Å². The van der Waals surface area contributed by atoms with Gasteiger partial charge in [0.05, 0.1) is 13.2 Å². The molecule has 1 rings (SSSR count). The molecule has 0 saturated heterocycles. The van der Waals surface area contributed by atoms with Crippen molar-refractivity contribution in [3.05, 3.63) is 46.5 Å². The first-order valence-corrected chi connectivity index (χ1v) is 7.23. The number of hydrogen-bond acceptors (Lipinski definition) is 6. The number of carbonyl (C=O) groups excluding carboxylic acids is 2. The highest BCUT2D eigenvalue weighted by Gasteiger charge is 2.11. The Labute approximate surface area is 140 Å². The molecule has 0 aliphatic carbocycles. The molecule has 0 spiro atoms. The van der Waals surface area contributed by atoms with Crippen molar-refractivity contribution in [3.63, 3.8) is 0 Å². The van der Waals surface area contributed by atoms with Gasteiger partial charge < -0.3 is 9.47 Å². The van der Waals surface area contributed by atoms with Gasteiger partial charge in [-0.3, -0.25) is 0 Å². The second-order valence-corrected chi connectivity index (χ2v) is 4.45. The molecule has 6 heteroatoms. The van der Waals surface area contributed by atoms with E-state index in [1.54, 1.807) is 50.3 Å². The van der Waals surface area contributed by atoms with Gasteiger partial charge in [0, 0.05) is 0 Å². The summed E-state index contributed by atoms with van der Waals surface area (Å²) in [6.07, 6.45) is 2.81. The van der Waals surface area contributed by atoms with Crippen LogP contribution in [0, 0.1) is 22.7 Å². The van der Waals surface area contributed by atoms with E-state index in [0.29, 0.717) is 11.1 Å². The molecule has 1 aromatic carbocycles. The van der Waals surface area contributed by atoms with Crippen LogP contribution in [-0.4, -0.2) is 25.2 Å². The number of esters is 2. The summed E-state index contributed by atoms with van der Waals surface area (Å²) in [4.78, 5) is 23.1. The van der Waals surface area contributed by atoms with Crippen LogP contribution in [0.5, 0.6) is 0 Å². The third kappa shape index (κ3) is 5.43. The van der Waals surface area contributed by atoms with Crippen molar-refractivity contribution in [3.8, 4) is 12.1 Å². The highest BCUT2D eigenvalue weighted by molar-refractivity contribution is 5.98. The van der Waals surface area contributed by atoms with Crippen molar-refractivity contribution in [2.24, 2.45) is 0 Å². The van der Waals surface area contributed by atoms with Crippen molar-refractivity contribution >= 4 is 24.1 Å². The first-order chi connectivity index (χ1) is 11.5. The minimum absolute atomic E-state index is 0.107. The summed E-state index contributed by atoms with van der Waals surface area (Å²) in [6, 6.07) is 10.2. The fraction of sp³-hybridized carbons (Fsp3) is 0.222. The standard InChI is InChI=1S/C18H16N2O4/c1-3-23-17(21)15(11-19)9-13-5-7-14(8-6-13)10-16(12-20)18(22)24-4-2/h5-10H,3-4H2,1-2H3/b15-9-,16-10-. The van der Waals surface area contributed by atoms with Crippen LogP contribution in [-0.2, 0) is 19.1 Å². The number of benzene rings is 1. The fourth-order valence-corrected chi connectivity index (χ4v) is 1.71. The van der Waals surface area contributed by atoms with Crippen LogP contribution in [0.4, 0.5) is 0 Å². The lowest BCUT2D eigenvalue weighted by molar-refractivity contribution is -0.138. The van der Waals surface area contributed by atoms with Crippen LogP contribution < -0.4 is 0 Å². The lowest BCUT2D eigenvalue weighted by atomic mass is 10.1. The number of nitriles is 2. The molecule has 0 N–H and O–H groups in total. The summed E-state index contributed by atoms with van der Waals surface area (Å²) in [7, 11) is 0. The minimum atomic E-state index is -0.682. The highest BCUT2D eigenvalue weighted by atomic mass is 16.5. The molecule has 0 atom stereocenters. The average Bonchev–Trinajstić information content (AvgIpc) is 2.59. The quantitative estimate of drug-likeness (QED) is 0.453. The van der Waals surface area contributed by atoms with E-state index in [-0.39, 0.29) is 24.4 Å². The monoisotopic (exact) mass is 324 g/mol. The molecular weight excluding hydrogens is 308 g/mol. The molecule has 1 aromatic rings. The van der Waals surface area contributed by atoms with E-state index in [1.165, 1.54) is 12.2 Å². The zero-order valence-electron chi connectivity index (χ0n) is 13.4. The summed E-state index contributed by atoms with van der Waals surface area (Å²) in [5.41, 5.74) is 1.02. The largest absolute Gasteiger partial charge is 0.462 e. The molecule has 0 amide bonds. The summed E-state index contributed by atoms with van der Waals surface area (Å²) in [5.74, 6) is -1.36.